The number of amides is 2. The molecule has 0 radical (unpaired) electrons. The molecule has 1 aliphatic rings. The van der Waals surface area contributed by atoms with E-state index in [1.807, 2.05) is 31.2 Å². The zero-order valence-electron chi connectivity index (χ0n) is 18.5. The molecule has 0 unspecified atom stereocenters. The van der Waals surface area contributed by atoms with Crippen LogP contribution in [0.5, 0.6) is 0 Å². The van der Waals surface area contributed by atoms with Gasteiger partial charge >= 0.3 is 5.97 Å². The fourth-order valence-electron chi connectivity index (χ4n) is 3.71. The van der Waals surface area contributed by atoms with Gasteiger partial charge < -0.3 is 14.5 Å². The number of likely N-dealkylation sites (N-methyl/N-ethyl adjacent to an activating group) is 1. The third kappa shape index (κ3) is 5.10. The molecule has 9 heteroatoms. The van der Waals surface area contributed by atoms with Crippen LogP contribution in [0.3, 0.4) is 0 Å². The smallest absolute Gasteiger partial charge is 0.309 e. The molecular formula is C22H29N5O4. The molecule has 31 heavy (non-hydrogen) atoms. The Labute approximate surface area is 182 Å². The molecule has 0 N–H and O–H groups in total. The van der Waals surface area contributed by atoms with E-state index < -0.39 is 0 Å². The molecule has 166 valence electrons. The van der Waals surface area contributed by atoms with Gasteiger partial charge in [-0.25, -0.2) is 4.68 Å². The summed E-state index contributed by atoms with van der Waals surface area (Å²) in [5.74, 6) is -0.871. The number of aryl methyl sites for hydroxylation is 1. The van der Waals surface area contributed by atoms with Crippen molar-refractivity contribution in [1.82, 2.24) is 24.8 Å². The molecule has 9 nitrogen and oxygen atoms in total. The Kier molecular flexibility index (Phi) is 7.04. The number of carbonyl (C=O) groups excluding carboxylic acids is 3. The van der Waals surface area contributed by atoms with Gasteiger partial charge in [0.1, 0.15) is 0 Å². The van der Waals surface area contributed by atoms with E-state index in [9.17, 15) is 14.4 Å². The number of aromatic nitrogens is 3. The summed E-state index contributed by atoms with van der Waals surface area (Å²) < 4.78 is 6.68. The van der Waals surface area contributed by atoms with Gasteiger partial charge in [0, 0.05) is 20.1 Å². The molecule has 2 heterocycles. The van der Waals surface area contributed by atoms with Crippen molar-refractivity contribution in [3.8, 4) is 5.69 Å². The fourth-order valence-corrected chi connectivity index (χ4v) is 3.71. The number of ether oxygens (including phenoxy) is 1. The standard InChI is InChI=1S/C22H29N5O4/c1-5-31-22(30)17-9-11-26(12-10-17)19(28)14-25(4)21(29)20-16(3)27(24-23-20)18-8-6-7-15(2)13-18/h6-8,13,17H,5,9-12,14H2,1-4H3. The molecule has 2 amide bonds. The highest BCUT2D eigenvalue weighted by molar-refractivity contribution is 5.95. The molecule has 0 aliphatic carbocycles. The van der Waals surface area contributed by atoms with Gasteiger partial charge in [-0.1, -0.05) is 17.3 Å². The number of likely N-dealkylation sites (tertiary alicyclic amines) is 1. The van der Waals surface area contributed by atoms with Crippen LogP contribution < -0.4 is 0 Å². The summed E-state index contributed by atoms with van der Waals surface area (Å²) >= 11 is 0. The molecular weight excluding hydrogens is 398 g/mol. The maximum absolute atomic E-state index is 12.9. The minimum atomic E-state index is -0.355. The average molecular weight is 428 g/mol. The first kappa shape index (κ1) is 22.5. The molecule has 0 saturated carbocycles. The van der Waals surface area contributed by atoms with Gasteiger partial charge in [-0.05, 0) is 51.3 Å². The van der Waals surface area contributed by atoms with Gasteiger partial charge in [0.25, 0.3) is 5.91 Å². The average Bonchev–Trinajstić information content (AvgIpc) is 3.14. The molecule has 0 bridgehead atoms. The van der Waals surface area contributed by atoms with Crippen molar-refractivity contribution < 1.29 is 19.1 Å². The summed E-state index contributed by atoms with van der Waals surface area (Å²) in [6.07, 6.45) is 1.15. The second-order valence-electron chi connectivity index (χ2n) is 7.84. The molecule has 0 spiro atoms. The molecule has 2 aromatic rings. The quantitative estimate of drug-likeness (QED) is 0.652. The Morgan fingerprint density at radius 1 is 1.19 bits per heavy atom. The zero-order chi connectivity index (χ0) is 22.5. The number of hydrogen-bond acceptors (Lipinski definition) is 6. The highest BCUT2D eigenvalue weighted by Gasteiger charge is 2.30. The van der Waals surface area contributed by atoms with E-state index in [1.165, 1.54) is 4.90 Å². The minimum Gasteiger partial charge on any atom is -0.466 e. The second-order valence-corrected chi connectivity index (χ2v) is 7.84. The highest BCUT2D eigenvalue weighted by Crippen LogP contribution is 2.19. The van der Waals surface area contributed by atoms with Crippen molar-refractivity contribution in [3.63, 3.8) is 0 Å². The van der Waals surface area contributed by atoms with Gasteiger partial charge in [-0.2, -0.15) is 0 Å². The number of nitrogens with zero attached hydrogens (tertiary/aromatic N) is 5. The van der Waals surface area contributed by atoms with Crippen molar-refractivity contribution in [1.29, 1.82) is 0 Å². The van der Waals surface area contributed by atoms with E-state index in [4.69, 9.17) is 4.74 Å². The summed E-state index contributed by atoms with van der Waals surface area (Å²) in [6, 6.07) is 7.76. The van der Waals surface area contributed by atoms with Gasteiger partial charge in [-0.3, -0.25) is 14.4 Å². The number of piperidine rings is 1. The molecule has 1 aromatic heterocycles. The Hall–Kier alpha value is -3.23. The van der Waals surface area contributed by atoms with Crippen LogP contribution in [-0.2, 0) is 14.3 Å². The SMILES string of the molecule is CCOC(=O)C1CCN(C(=O)CN(C)C(=O)c2nnn(-c3cccc(C)c3)c2C)CC1. The first-order valence-electron chi connectivity index (χ1n) is 10.5. The lowest BCUT2D eigenvalue weighted by Gasteiger charge is -2.32. The number of carbonyl (C=O) groups is 3. The van der Waals surface area contributed by atoms with Crippen LogP contribution in [-0.4, -0.2) is 75.9 Å². The first-order chi connectivity index (χ1) is 14.8. The van der Waals surface area contributed by atoms with Crippen molar-refractivity contribution in [2.75, 3.05) is 33.3 Å². The van der Waals surface area contributed by atoms with Crippen LogP contribution in [0.4, 0.5) is 0 Å². The monoisotopic (exact) mass is 427 g/mol. The first-order valence-corrected chi connectivity index (χ1v) is 10.5. The van der Waals surface area contributed by atoms with E-state index in [2.05, 4.69) is 10.3 Å². The van der Waals surface area contributed by atoms with Crippen LogP contribution in [0.1, 0.15) is 41.5 Å². The zero-order valence-corrected chi connectivity index (χ0v) is 18.5. The maximum atomic E-state index is 12.9. The van der Waals surface area contributed by atoms with Crippen molar-refractivity contribution in [2.45, 2.75) is 33.6 Å². The van der Waals surface area contributed by atoms with Crippen LogP contribution in [0.2, 0.25) is 0 Å². The molecule has 1 aromatic carbocycles. The molecule has 1 fully saturated rings. The van der Waals surface area contributed by atoms with Gasteiger partial charge in [0.05, 0.1) is 30.5 Å². The lowest BCUT2D eigenvalue weighted by Crippen LogP contribution is -2.45. The normalized spacial score (nSPS) is 14.4. The topological polar surface area (TPSA) is 97.6 Å². The van der Waals surface area contributed by atoms with E-state index in [1.54, 1.807) is 30.5 Å². The predicted molar refractivity (Wildman–Crippen MR) is 114 cm³/mol. The molecule has 3 rings (SSSR count). The van der Waals surface area contributed by atoms with E-state index in [0.29, 0.717) is 38.2 Å². The molecule has 1 aliphatic heterocycles. The Morgan fingerprint density at radius 2 is 1.90 bits per heavy atom. The van der Waals surface area contributed by atoms with Crippen LogP contribution in [0, 0.1) is 19.8 Å². The Bertz CT molecular complexity index is 963. The maximum Gasteiger partial charge on any atom is 0.309 e. The van der Waals surface area contributed by atoms with E-state index in [-0.39, 0.29) is 35.9 Å². The number of rotatable bonds is 6. The van der Waals surface area contributed by atoms with Gasteiger partial charge in [0.15, 0.2) is 5.69 Å². The van der Waals surface area contributed by atoms with Crippen LogP contribution in [0.15, 0.2) is 24.3 Å². The Balaban J connectivity index is 1.60. The Morgan fingerprint density at radius 3 is 2.55 bits per heavy atom. The summed E-state index contributed by atoms with van der Waals surface area (Å²) in [4.78, 5) is 40.5. The minimum absolute atomic E-state index is 0.0559. The lowest BCUT2D eigenvalue weighted by atomic mass is 9.97. The third-order valence-corrected chi connectivity index (χ3v) is 5.53. The van der Waals surface area contributed by atoms with Crippen molar-refractivity contribution >= 4 is 17.8 Å². The molecule has 0 atom stereocenters. The van der Waals surface area contributed by atoms with Crippen LogP contribution in [0.25, 0.3) is 5.69 Å². The summed E-state index contributed by atoms with van der Waals surface area (Å²) in [5, 5.41) is 8.17. The van der Waals surface area contributed by atoms with Gasteiger partial charge in [-0.15, -0.1) is 5.10 Å². The highest BCUT2D eigenvalue weighted by atomic mass is 16.5. The lowest BCUT2D eigenvalue weighted by molar-refractivity contribution is -0.151. The van der Waals surface area contributed by atoms with Gasteiger partial charge in [0.2, 0.25) is 5.91 Å². The van der Waals surface area contributed by atoms with E-state index in [0.717, 1.165) is 11.3 Å². The van der Waals surface area contributed by atoms with Crippen LogP contribution >= 0.6 is 0 Å². The fraction of sp³-hybridized carbons (Fsp3) is 0.500. The summed E-state index contributed by atoms with van der Waals surface area (Å²) in [5.41, 5.74) is 2.74. The van der Waals surface area contributed by atoms with Crippen molar-refractivity contribution in [3.05, 3.63) is 41.2 Å². The predicted octanol–water partition coefficient (Wildman–Crippen LogP) is 1.76. The van der Waals surface area contributed by atoms with E-state index >= 15 is 0 Å². The number of hydrogen-bond donors (Lipinski definition) is 0. The van der Waals surface area contributed by atoms with Crippen molar-refractivity contribution in [2.24, 2.45) is 5.92 Å². The summed E-state index contributed by atoms with van der Waals surface area (Å²) in [6.45, 7) is 6.81. The summed E-state index contributed by atoms with van der Waals surface area (Å²) in [7, 11) is 1.58. The number of benzene rings is 1. The second kappa shape index (κ2) is 9.72. The molecule has 1 saturated heterocycles. The largest absolute Gasteiger partial charge is 0.466 e. The number of esters is 1. The third-order valence-electron chi connectivity index (χ3n) is 5.53.